The Hall–Kier alpha value is -0.0600. The average Bonchev–Trinajstić information content (AvgIpc) is 2.07. The second kappa shape index (κ2) is 3.83. The van der Waals surface area contributed by atoms with Gasteiger partial charge in [0.1, 0.15) is 0 Å². The molecule has 0 amide bonds. The molecule has 2 nitrogen and oxygen atoms in total. The summed E-state index contributed by atoms with van der Waals surface area (Å²) in [7, 11) is -1.95. The van der Waals surface area contributed by atoms with Crippen molar-refractivity contribution in [2.75, 3.05) is 11.5 Å². The van der Waals surface area contributed by atoms with Crippen molar-refractivity contribution in [1.29, 1.82) is 0 Å². The number of benzene rings is 1. The molecule has 1 fully saturated rings. The number of nitrogens with zero attached hydrogens (tertiary/aromatic N) is 1. The third-order valence-electron chi connectivity index (χ3n) is 2.10. The molecule has 0 saturated carbocycles. The van der Waals surface area contributed by atoms with Crippen LogP contribution in [0.1, 0.15) is 6.42 Å². The van der Waals surface area contributed by atoms with Crippen LogP contribution in [0, 0.1) is 0 Å². The molecule has 76 valence electrons. The lowest BCUT2D eigenvalue weighted by Crippen LogP contribution is -2.22. The maximum Gasteiger partial charge on any atom is 0.0917 e. The van der Waals surface area contributed by atoms with Crippen molar-refractivity contribution in [1.82, 2.24) is 0 Å². The predicted octanol–water partition coefficient (Wildman–Crippen LogP) is 3.61. The summed E-state index contributed by atoms with van der Waals surface area (Å²) in [5, 5.41) is 0.550. The monoisotopic (exact) mass is 293 g/mol. The quantitative estimate of drug-likeness (QED) is 0.778. The fourth-order valence-corrected chi connectivity index (χ4v) is 3.47. The first-order chi connectivity index (χ1) is 6.59. The van der Waals surface area contributed by atoms with Gasteiger partial charge in [-0.1, -0.05) is 27.5 Å². The molecule has 0 bridgehead atoms. The molecular weight excluding hydrogens is 286 g/mol. The smallest absolute Gasteiger partial charge is 0.0917 e. The highest BCUT2D eigenvalue weighted by atomic mass is 79.9. The van der Waals surface area contributed by atoms with E-state index in [2.05, 4.69) is 20.3 Å². The lowest BCUT2D eigenvalue weighted by Gasteiger charge is -2.18. The van der Waals surface area contributed by atoms with Crippen LogP contribution in [0.25, 0.3) is 0 Å². The Kier molecular flexibility index (Phi) is 2.86. The number of hydrogen-bond acceptors (Lipinski definition) is 2. The summed E-state index contributed by atoms with van der Waals surface area (Å²) in [5.74, 6) is 1.42. The summed E-state index contributed by atoms with van der Waals surface area (Å²) in [6, 6.07) is 5.41. The number of rotatable bonds is 1. The third-order valence-corrected chi connectivity index (χ3v) is 5.28. The van der Waals surface area contributed by atoms with Gasteiger partial charge in [0.15, 0.2) is 0 Å². The fourth-order valence-electron chi connectivity index (χ4n) is 1.22. The zero-order valence-corrected chi connectivity index (χ0v) is 10.5. The topological polar surface area (TPSA) is 29.4 Å². The summed E-state index contributed by atoms with van der Waals surface area (Å²) in [6.07, 6.45) is 1.01. The van der Waals surface area contributed by atoms with Gasteiger partial charge in [0, 0.05) is 16.0 Å². The molecule has 1 aromatic rings. The molecule has 1 aliphatic heterocycles. The van der Waals surface area contributed by atoms with Gasteiger partial charge in [0.2, 0.25) is 0 Å². The zero-order valence-electron chi connectivity index (χ0n) is 7.37. The van der Waals surface area contributed by atoms with Crippen molar-refractivity contribution in [3.63, 3.8) is 0 Å². The number of hydrogen-bond donors (Lipinski definition) is 0. The van der Waals surface area contributed by atoms with E-state index in [1.54, 1.807) is 12.1 Å². The van der Waals surface area contributed by atoms with Gasteiger partial charge in [-0.3, -0.25) is 0 Å². The minimum atomic E-state index is -1.95. The molecule has 1 aliphatic rings. The van der Waals surface area contributed by atoms with Gasteiger partial charge in [-0.15, -0.1) is 0 Å². The molecule has 14 heavy (non-hydrogen) atoms. The van der Waals surface area contributed by atoms with Crippen LogP contribution >= 0.6 is 27.5 Å². The first kappa shape index (κ1) is 10.5. The van der Waals surface area contributed by atoms with E-state index in [-0.39, 0.29) is 0 Å². The highest BCUT2D eigenvalue weighted by Crippen LogP contribution is 2.30. The van der Waals surface area contributed by atoms with Crippen molar-refractivity contribution < 1.29 is 4.21 Å². The molecular formula is C9H9BrClNOS. The van der Waals surface area contributed by atoms with Crippen molar-refractivity contribution in [3.8, 4) is 0 Å². The lowest BCUT2D eigenvalue weighted by molar-refractivity contribution is 0.663. The Balaban J connectivity index is 2.43. The van der Waals surface area contributed by atoms with Crippen LogP contribution in [0.5, 0.6) is 0 Å². The second-order valence-corrected chi connectivity index (χ2v) is 7.09. The lowest BCUT2D eigenvalue weighted by atomic mass is 10.3. The van der Waals surface area contributed by atoms with E-state index in [9.17, 15) is 4.21 Å². The van der Waals surface area contributed by atoms with Crippen LogP contribution in [-0.2, 0) is 9.73 Å². The Morgan fingerprint density at radius 2 is 2.14 bits per heavy atom. The first-order valence-corrected chi connectivity index (χ1v) is 7.29. The molecule has 0 atom stereocenters. The largest absolute Gasteiger partial charge is 0.249 e. The summed E-state index contributed by atoms with van der Waals surface area (Å²) >= 11 is 9.28. The first-order valence-electron chi connectivity index (χ1n) is 4.27. The van der Waals surface area contributed by atoms with Crippen LogP contribution in [0.4, 0.5) is 5.69 Å². The van der Waals surface area contributed by atoms with E-state index in [1.165, 1.54) is 0 Å². The van der Waals surface area contributed by atoms with E-state index in [4.69, 9.17) is 11.6 Å². The molecule has 0 aromatic heterocycles. The van der Waals surface area contributed by atoms with Crippen LogP contribution in [-0.4, -0.2) is 15.7 Å². The van der Waals surface area contributed by atoms with Crippen molar-refractivity contribution in [3.05, 3.63) is 27.7 Å². The van der Waals surface area contributed by atoms with E-state index < -0.39 is 9.73 Å². The molecule has 0 unspecified atom stereocenters. The SMILES string of the molecule is O=S1(=Nc2ccc(Br)cc2Cl)CCC1. The molecule has 0 radical (unpaired) electrons. The van der Waals surface area contributed by atoms with E-state index in [0.717, 1.165) is 10.9 Å². The van der Waals surface area contributed by atoms with Crippen molar-refractivity contribution >= 4 is 42.9 Å². The highest BCUT2D eigenvalue weighted by molar-refractivity contribution is 9.10. The van der Waals surface area contributed by atoms with Gasteiger partial charge in [0.25, 0.3) is 0 Å². The van der Waals surface area contributed by atoms with Gasteiger partial charge < -0.3 is 0 Å². The molecule has 1 aromatic carbocycles. The summed E-state index contributed by atoms with van der Waals surface area (Å²) in [4.78, 5) is 0. The Bertz CT molecular complexity index is 470. The summed E-state index contributed by atoms with van der Waals surface area (Å²) in [6.45, 7) is 0. The minimum absolute atomic E-state index is 0.550. The Morgan fingerprint density at radius 1 is 1.43 bits per heavy atom. The Labute approximate surface area is 97.0 Å². The van der Waals surface area contributed by atoms with Crippen LogP contribution in [0.3, 0.4) is 0 Å². The molecule has 5 heteroatoms. The van der Waals surface area contributed by atoms with Gasteiger partial charge in [-0.05, 0) is 24.6 Å². The van der Waals surface area contributed by atoms with Gasteiger partial charge in [0.05, 0.1) is 20.4 Å². The Morgan fingerprint density at radius 3 is 2.64 bits per heavy atom. The second-order valence-electron chi connectivity index (χ2n) is 3.22. The van der Waals surface area contributed by atoms with E-state index in [1.807, 2.05) is 6.07 Å². The van der Waals surface area contributed by atoms with Crippen LogP contribution in [0.2, 0.25) is 5.02 Å². The van der Waals surface area contributed by atoms with Gasteiger partial charge in [-0.2, -0.15) is 4.36 Å². The van der Waals surface area contributed by atoms with Crippen molar-refractivity contribution in [2.24, 2.45) is 4.36 Å². The summed E-state index contributed by atoms with van der Waals surface area (Å²) < 4.78 is 16.9. The minimum Gasteiger partial charge on any atom is -0.249 e. The van der Waals surface area contributed by atoms with Gasteiger partial charge >= 0.3 is 0 Å². The normalized spacial score (nSPS) is 18.7. The molecule has 0 N–H and O–H groups in total. The number of halogens is 2. The van der Waals surface area contributed by atoms with E-state index in [0.29, 0.717) is 22.2 Å². The molecule has 1 heterocycles. The predicted molar refractivity (Wildman–Crippen MR) is 63.7 cm³/mol. The standard InChI is InChI=1S/C9H9BrClNOS/c10-7-2-3-9(8(11)6-7)12-14(13)4-1-5-14/h2-3,6H,1,4-5H2. The summed E-state index contributed by atoms with van der Waals surface area (Å²) in [5.41, 5.74) is 0.638. The molecule has 2 rings (SSSR count). The van der Waals surface area contributed by atoms with Crippen LogP contribution in [0.15, 0.2) is 27.0 Å². The molecule has 0 spiro atoms. The van der Waals surface area contributed by atoms with E-state index >= 15 is 0 Å². The third kappa shape index (κ3) is 2.12. The van der Waals surface area contributed by atoms with Gasteiger partial charge in [-0.25, -0.2) is 4.21 Å². The maximum absolute atomic E-state index is 11.8. The fraction of sp³-hybridized carbons (Fsp3) is 0.333. The maximum atomic E-state index is 11.8. The average molecular weight is 295 g/mol. The molecule has 1 saturated heterocycles. The van der Waals surface area contributed by atoms with Crippen LogP contribution < -0.4 is 0 Å². The zero-order chi connectivity index (χ0) is 10.2. The van der Waals surface area contributed by atoms with Crippen molar-refractivity contribution in [2.45, 2.75) is 6.42 Å². The highest BCUT2D eigenvalue weighted by Gasteiger charge is 2.19. The molecule has 0 aliphatic carbocycles.